The average Bonchev–Trinajstić information content (AvgIpc) is 2.05. The van der Waals surface area contributed by atoms with Crippen LogP contribution in [0.25, 0.3) is 0 Å². The highest BCUT2D eigenvalue weighted by atomic mass is 16.5. The van der Waals surface area contributed by atoms with Crippen molar-refractivity contribution in [3.05, 3.63) is 24.5 Å². The Balaban J connectivity index is 3.50. The summed E-state index contributed by atoms with van der Waals surface area (Å²) in [6, 6.07) is 0. The van der Waals surface area contributed by atoms with Crippen LogP contribution in [0.2, 0.25) is 0 Å². The van der Waals surface area contributed by atoms with Crippen molar-refractivity contribution in [3.8, 4) is 0 Å². The van der Waals surface area contributed by atoms with E-state index < -0.39 is 0 Å². The van der Waals surface area contributed by atoms with Crippen molar-refractivity contribution >= 4 is 0 Å². The largest absolute Gasteiger partial charge is 0.494 e. The van der Waals surface area contributed by atoms with Gasteiger partial charge in [0.05, 0.1) is 13.2 Å². The van der Waals surface area contributed by atoms with Gasteiger partial charge in [0.1, 0.15) is 5.76 Å². The third-order valence-corrected chi connectivity index (χ3v) is 1.47. The SMILES string of the molecule is C=C(CCOCC)C(=C)OCC. The molecule has 0 fully saturated rings. The molecule has 0 rings (SSSR count). The Labute approximate surface area is 74.9 Å². The maximum Gasteiger partial charge on any atom is 0.114 e. The van der Waals surface area contributed by atoms with E-state index in [2.05, 4.69) is 13.2 Å². The summed E-state index contributed by atoms with van der Waals surface area (Å²) in [4.78, 5) is 0. The molecule has 2 heteroatoms. The Morgan fingerprint density at radius 2 is 1.83 bits per heavy atom. The van der Waals surface area contributed by atoms with E-state index in [1.807, 2.05) is 13.8 Å². The van der Waals surface area contributed by atoms with Gasteiger partial charge in [0.15, 0.2) is 0 Å². The van der Waals surface area contributed by atoms with Gasteiger partial charge in [-0.05, 0) is 25.8 Å². The van der Waals surface area contributed by atoms with Crippen LogP contribution in [0, 0.1) is 0 Å². The molecule has 12 heavy (non-hydrogen) atoms. The predicted molar refractivity (Wildman–Crippen MR) is 51.0 cm³/mol. The summed E-state index contributed by atoms with van der Waals surface area (Å²) in [7, 11) is 0. The topological polar surface area (TPSA) is 18.5 Å². The molecule has 2 nitrogen and oxygen atoms in total. The lowest BCUT2D eigenvalue weighted by atomic mass is 10.2. The molecule has 0 aliphatic rings. The highest BCUT2D eigenvalue weighted by Crippen LogP contribution is 2.10. The fourth-order valence-electron chi connectivity index (χ4n) is 0.755. The van der Waals surface area contributed by atoms with E-state index in [9.17, 15) is 0 Å². The Kier molecular flexibility index (Phi) is 6.48. The van der Waals surface area contributed by atoms with Crippen molar-refractivity contribution in [3.63, 3.8) is 0 Å². The van der Waals surface area contributed by atoms with Crippen LogP contribution in [-0.4, -0.2) is 19.8 Å². The molecule has 0 saturated heterocycles. The molecule has 0 heterocycles. The van der Waals surface area contributed by atoms with Gasteiger partial charge < -0.3 is 9.47 Å². The summed E-state index contributed by atoms with van der Waals surface area (Å²) < 4.78 is 10.4. The van der Waals surface area contributed by atoms with Crippen LogP contribution in [0.4, 0.5) is 0 Å². The van der Waals surface area contributed by atoms with Crippen LogP contribution >= 0.6 is 0 Å². The first-order valence-corrected chi connectivity index (χ1v) is 4.30. The molecule has 0 radical (unpaired) electrons. The monoisotopic (exact) mass is 170 g/mol. The van der Waals surface area contributed by atoms with Crippen molar-refractivity contribution in [2.75, 3.05) is 19.8 Å². The Hall–Kier alpha value is -0.760. The standard InChI is InChI=1S/C10H18O2/c1-5-11-8-7-9(3)10(4)12-6-2/h3-8H2,1-2H3. The van der Waals surface area contributed by atoms with E-state index in [0.29, 0.717) is 19.0 Å². The summed E-state index contributed by atoms with van der Waals surface area (Å²) in [6.45, 7) is 13.6. The molecule has 0 bridgehead atoms. The minimum Gasteiger partial charge on any atom is -0.494 e. The molecule has 70 valence electrons. The van der Waals surface area contributed by atoms with Crippen molar-refractivity contribution in [2.45, 2.75) is 20.3 Å². The minimum atomic E-state index is 0.645. The first-order valence-electron chi connectivity index (χ1n) is 4.30. The van der Waals surface area contributed by atoms with Gasteiger partial charge in [-0.15, -0.1) is 0 Å². The summed E-state index contributed by atoms with van der Waals surface area (Å²) in [5.74, 6) is 0.678. The zero-order valence-electron chi connectivity index (χ0n) is 8.06. The normalized spacial score (nSPS) is 9.50. The summed E-state index contributed by atoms with van der Waals surface area (Å²) >= 11 is 0. The third-order valence-electron chi connectivity index (χ3n) is 1.47. The van der Waals surface area contributed by atoms with Gasteiger partial charge in [-0.25, -0.2) is 0 Å². The molecule has 0 aromatic rings. The lowest BCUT2D eigenvalue weighted by molar-refractivity contribution is 0.148. The smallest absolute Gasteiger partial charge is 0.114 e. The molecule has 0 aliphatic heterocycles. The van der Waals surface area contributed by atoms with Crippen molar-refractivity contribution in [1.29, 1.82) is 0 Å². The minimum absolute atomic E-state index is 0.645. The van der Waals surface area contributed by atoms with Gasteiger partial charge in [-0.1, -0.05) is 13.2 Å². The lowest BCUT2D eigenvalue weighted by Gasteiger charge is -2.09. The van der Waals surface area contributed by atoms with E-state index in [1.165, 1.54) is 0 Å². The third kappa shape index (κ3) is 4.97. The highest BCUT2D eigenvalue weighted by molar-refractivity contribution is 5.18. The van der Waals surface area contributed by atoms with Crippen LogP contribution < -0.4 is 0 Å². The predicted octanol–water partition coefficient (Wildman–Crippen LogP) is 2.52. The van der Waals surface area contributed by atoms with E-state index in [4.69, 9.17) is 9.47 Å². The number of allylic oxidation sites excluding steroid dienone is 1. The fourth-order valence-corrected chi connectivity index (χ4v) is 0.755. The second-order valence-corrected chi connectivity index (χ2v) is 2.41. The van der Waals surface area contributed by atoms with Crippen LogP contribution in [0.3, 0.4) is 0 Å². The number of hydrogen-bond acceptors (Lipinski definition) is 2. The number of ether oxygens (including phenoxy) is 2. The average molecular weight is 170 g/mol. The molecule has 0 aliphatic carbocycles. The van der Waals surface area contributed by atoms with E-state index in [1.54, 1.807) is 0 Å². The lowest BCUT2D eigenvalue weighted by Crippen LogP contribution is -1.99. The van der Waals surface area contributed by atoms with Gasteiger partial charge in [0.2, 0.25) is 0 Å². The zero-order valence-corrected chi connectivity index (χ0v) is 8.06. The molecule has 0 saturated carbocycles. The molecule has 0 amide bonds. The summed E-state index contributed by atoms with van der Waals surface area (Å²) in [5.41, 5.74) is 0.922. The first kappa shape index (κ1) is 11.2. The molecule has 0 atom stereocenters. The van der Waals surface area contributed by atoms with Gasteiger partial charge in [0, 0.05) is 6.61 Å². The quantitative estimate of drug-likeness (QED) is 0.332. The van der Waals surface area contributed by atoms with Gasteiger partial charge in [0.25, 0.3) is 0 Å². The van der Waals surface area contributed by atoms with Crippen LogP contribution in [-0.2, 0) is 9.47 Å². The Morgan fingerprint density at radius 3 is 2.33 bits per heavy atom. The van der Waals surface area contributed by atoms with Gasteiger partial charge in [-0.2, -0.15) is 0 Å². The molecule has 0 aromatic carbocycles. The number of rotatable bonds is 7. The zero-order chi connectivity index (χ0) is 9.40. The van der Waals surface area contributed by atoms with E-state index in [-0.39, 0.29) is 0 Å². The Bertz CT molecular complexity index is 150. The van der Waals surface area contributed by atoms with Crippen LogP contribution in [0.15, 0.2) is 24.5 Å². The van der Waals surface area contributed by atoms with Crippen LogP contribution in [0.5, 0.6) is 0 Å². The maximum atomic E-state index is 5.18. The van der Waals surface area contributed by atoms with Gasteiger partial charge in [-0.3, -0.25) is 0 Å². The van der Waals surface area contributed by atoms with Crippen molar-refractivity contribution in [1.82, 2.24) is 0 Å². The fraction of sp³-hybridized carbons (Fsp3) is 0.600. The summed E-state index contributed by atoms with van der Waals surface area (Å²) in [6.07, 6.45) is 0.798. The molecule has 0 N–H and O–H groups in total. The summed E-state index contributed by atoms with van der Waals surface area (Å²) in [5, 5.41) is 0. The second-order valence-electron chi connectivity index (χ2n) is 2.41. The molecule has 0 unspecified atom stereocenters. The molecule has 0 spiro atoms. The van der Waals surface area contributed by atoms with E-state index >= 15 is 0 Å². The second kappa shape index (κ2) is 6.92. The Morgan fingerprint density at radius 1 is 1.17 bits per heavy atom. The molecular weight excluding hydrogens is 152 g/mol. The van der Waals surface area contributed by atoms with E-state index in [0.717, 1.165) is 18.6 Å². The van der Waals surface area contributed by atoms with Crippen molar-refractivity contribution in [2.24, 2.45) is 0 Å². The van der Waals surface area contributed by atoms with Crippen molar-refractivity contribution < 1.29 is 9.47 Å². The first-order chi connectivity index (χ1) is 5.72. The molecule has 0 aromatic heterocycles. The van der Waals surface area contributed by atoms with Gasteiger partial charge >= 0.3 is 0 Å². The number of hydrogen-bond donors (Lipinski definition) is 0. The van der Waals surface area contributed by atoms with Crippen LogP contribution in [0.1, 0.15) is 20.3 Å². The molecular formula is C10H18O2. The highest BCUT2D eigenvalue weighted by Gasteiger charge is 1.99. The maximum absolute atomic E-state index is 5.18.